The fourth-order valence-electron chi connectivity index (χ4n) is 3.11. The average Bonchev–Trinajstić information content (AvgIpc) is 3.08. The van der Waals surface area contributed by atoms with Crippen LogP contribution in [-0.4, -0.2) is 27.2 Å². The van der Waals surface area contributed by atoms with Crippen LogP contribution in [0.25, 0.3) is 5.65 Å². The van der Waals surface area contributed by atoms with Crippen molar-refractivity contribution >= 4 is 23.2 Å². The highest BCUT2D eigenvalue weighted by molar-refractivity contribution is 6.30. The SMILES string of the molecule is CCOC(=O)c1cnn2c(Cl)c(C3CCCC3)c(C)nc12. The van der Waals surface area contributed by atoms with Crippen LogP contribution in [0.3, 0.4) is 0 Å². The number of ether oxygens (including phenoxy) is 1. The van der Waals surface area contributed by atoms with Gasteiger partial charge >= 0.3 is 5.97 Å². The van der Waals surface area contributed by atoms with Gasteiger partial charge in [-0.15, -0.1) is 0 Å². The van der Waals surface area contributed by atoms with E-state index in [1.165, 1.54) is 19.0 Å². The van der Waals surface area contributed by atoms with Gasteiger partial charge in [-0.1, -0.05) is 24.4 Å². The lowest BCUT2D eigenvalue weighted by Crippen LogP contribution is -2.08. The van der Waals surface area contributed by atoms with Gasteiger partial charge in [0.25, 0.3) is 0 Å². The van der Waals surface area contributed by atoms with Crippen molar-refractivity contribution in [2.45, 2.75) is 45.4 Å². The third kappa shape index (κ3) is 2.39. The fraction of sp³-hybridized carbons (Fsp3) is 0.533. The number of nitrogens with zero attached hydrogens (tertiary/aromatic N) is 3. The van der Waals surface area contributed by atoms with Crippen molar-refractivity contribution in [3.8, 4) is 0 Å². The number of carbonyl (C=O) groups excluding carboxylic acids is 1. The van der Waals surface area contributed by atoms with E-state index in [2.05, 4.69) is 10.1 Å². The van der Waals surface area contributed by atoms with E-state index in [1.807, 2.05) is 6.92 Å². The first-order valence-corrected chi connectivity index (χ1v) is 7.72. The van der Waals surface area contributed by atoms with Crippen molar-refractivity contribution in [1.29, 1.82) is 0 Å². The van der Waals surface area contributed by atoms with Crippen molar-refractivity contribution < 1.29 is 9.53 Å². The third-order valence-electron chi connectivity index (χ3n) is 4.07. The van der Waals surface area contributed by atoms with Crippen LogP contribution in [0.4, 0.5) is 0 Å². The first-order chi connectivity index (χ1) is 10.1. The Morgan fingerprint density at radius 2 is 2.19 bits per heavy atom. The molecule has 0 atom stereocenters. The quantitative estimate of drug-likeness (QED) is 0.643. The minimum Gasteiger partial charge on any atom is -0.462 e. The lowest BCUT2D eigenvalue weighted by Gasteiger charge is -2.15. The largest absolute Gasteiger partial charge is 0.462 e. The maximum atomic E-state index is 11.9. The van der Waals surface area contributed by atoms with Crippen molar-refractivity contribution in [2.24, 2.45) is 0 Å². The number of aromatic nitrogens is 3. The molecule has 5 nitrogen and oxygen atoms in total. The lowest BCUT2D eigenvalue weighted by molar-refractivity contribution is 0.0528. The molecule has 0 spiro atoms. The second-order valence-electron chi connectivity index (χ2n) is 5.40. The molecule has 1 fully saturated rings. The summed E-state index contributed by atoms with van der Waals surface area (Å²) in [5.41, 5.74) is 2.78. The summed E-state index contributed by atoms with van der Waals surface area (Å²) < 4.78 is 6.58. The minimum atomic E-state index is -0.413. The van der Waals surface area contributed by atoms with Crippen LogP contribution in [0.15, 0.2) is 6.20 Å². The first-order valence-electron chi connectivity index (χ1n) is 7.34. The van der Waals surface area contributed by atoms with E-state index in [9.17, 15) is 4.79 Å². The standard InChI is InChI=1S/C15H18ClN3O2/c1-3-21-15(20)11-8-17-19-13(16)12(9(2)18-14(11)19)10-6-4-5-7-10/h8,10H,3-7H2,1-2H3. The molecule has 0 amide bonds. The number of carbonyl (C=O) groups is 1. The van der Waals surface area contributed by atoms with Crippen molar-refractivity contribution in [1.82, 2.24) is 14.6 Å². The molecule has 21 heavy (non-hydrogen) atoms. The van der Waals surface area contributed by atoms with Gasteiger partial charge in [0, 0.05) is 11.3 Å². The van der Waals surface area contributed by atoms with Gasteiger partial charge in [0.1, 0.15) is 10.7 Å². The van der Waals surface area contributed by atoms with E-state index >= 15 is 0 Å². The molecule has 0 N–H and O–H groups in total. The summed E-state index contributed by atoms with van der Waals surface area (Å²) in [6, 6.07) is 0. The van der Waals surface area contributed by atoms with E-state index in [0.717, 1.165) is 24.1 Å². The molecule has 0 aliphatic heterocycles. The zero-order valence-corrected chi connectivity index (χ0v) is 13.0. The summed E-state index contributed by atoms with van der Waals surface area (Å²) in [5.74, 6) is 0.0359. The van der Waals surface area contributed by atoms with Gasteiger partial charge in [-0.2, -0.15) is 5.10 Å². The zero-order valence-electron chi connectivity index (χ0n) is 12.2. The minimum absolute atomic E-state index is 0.322. The highest BCUT2D eigenvalue weighted by Crippen LogP contribution is 2.39. The molecule has 6 heteroatoms. The Morgan fingerprint density at radius 3 is 2.86 bits per heavy atom. The number of hydrogen-bond acceptors (Lipinski definition) is 4. The molecular formula is C15H18ClN3O2. The molecule has 112 valence electrons. The second-order valence-corrected chi connectivity index (χ2v) is 5.76. The van der Waals surface area contributed by atoms with E-state index in [1.54, 1.807) is 11.4 Å². The molecule has 0 saturated heterocycles. The lowest BCUT2D eigenvalue weighted by atomic mass is 9.98. The van der Waals surface area contributed by atoms with Gasteiger partial charge < -0.3 is 4.74 Å². The number of hydrogen-bond donors (Lipinski definition) is 0. The highest BCUT2D eigenvalue weighted by atomic mass is 35.5. The Kier molecular flexibility index (Phi) is 3.85. The van der Waals surface area contributed by atoms with Crippen LogP contribution in [0, 0.1) is 6.92 Å². The molecule has 0 radical (unpaired) electrons. The average molecular weight is 308 g/mol. The molecule has 0 unspecified atom stereocenters. The number of esters is 1. The summed E-state index contributed by atoms with van der Waals surface area (Å²) in [6.45, 7) is 4.04. The van der Waals surface area contributed by atoms with Crippen LogP contribution in [-0.2, 0) is 4.74 Å². The smallest absolute Gasteiger partial charge is 0.343 e. The Bertz CT molecular complexity index is 690. The summed E-state index contributed by atoms with van der Waals surface area (Å²) in [5, 5.41) is 4.79. The topological polar surface area (TPSA) is 56.5 Å². The van der Waals surface area contributed by atoms with E-state index in [4.69, 9.17) is 16.3 Å². The molecular weight excluding hydrogens is 290 g/mol. The fourth-order valence-corrected chi connectivity index (χ4v) is 3.52. The molecule has 2 aromatic rings. The van der Waals surface area contributed by atoms with Gasteiger partial charge in [0.15, 0.2) is 5.65 Å². The maximum absolute atomic E-state index is 11.9. The summed E-state index contributed by atoms with van der Waals surface area (Å²) in [6.07, 6.45) is 6.21. The van der Waals surface area contributed by atoms with E-state index < -0.39 is 5.97 Å². The Balaban J connectivity index is 2.12. The molecule has 3 rings (SSSR count). The first kappa shape index (κ1) is 14.3. The second kappa shape index (κ2) is 5.64. The number of aryl methyl sites for hydroxylation is 1. The predicted octanol–water partition coefficient (Wildman–Crippen LogP) is 3.53. The number of fused-ring (bicyclic) bond motifs is 1. The Hall–Kier alpha value is -1.62. The molecule has 0 bridgehead atoms. The Labute approximate surface area is 128 Å². The van der Waals surface area contributed by atoms with E-state index in [0.29, 0.717) is 28.9 Å². The number of halogens is 1. The molecule has 0 aromatic carbocycles. The normalized spacial score (nSPS) is 15.8. The van der Waals surface area contributed by atoms with Gasteiger partial charge in [-0.05, 0) is 32.6 Å². The number of rotatable bonds is 3. The van der Waals surface area contributed by atoms with Gasteiger partial charge in [0.05, 0.1) is 12.8 Å². The highest BCUT2D eigenvalue weighted by Gasteiger charge is 2.26. The van der Waals surface area contributed by atoms with Crippen molar-refractivity contribution in [3.05, 3.63) is 28.2 Å². The molecule has 1 aliphatic carbocycles. The van der Waals surface area contributed by atoms with E-state index in [-0.39, 0.29) is 0 Å². The maximum Gasteiger partial charge on any atom is 0.343 e. The van der Waals surface area contributed by atoms with Crippen LogP contribution >= 0.6 is 11.6 Å². The predicted molar refractivity (Wildman–Crippen MR) is 79.9 cm³/mol. The molecule has 1 saturated carbocycles. The summed E-state index contributed by atoms with van der Waals surface area (Å²) >= 11 is 6.53. The molecule has 2 aromatic heterocycles. The van der Waals surface area contributed by atoms with Crippen LogP contribution in [0.5, 0.6) is 0 Å². The van der Waals surface area contributed by atoms with Crippen molar-refractivity contribution in [3.63, 3.8) is 0 Å². The van der Waals surface area contributed by atoms with Crippen molar-refractivity contribution in [2.75, 3.05) is 6.61 Å². The van der Waals surface area contributed by atoms with Gasteiger partial charge in [-0.3, -0.25) is 0 Å². The third-order valence-corrected chi connectivity index (χ3v) is 4.44. The Morgan fingerprint density at radius 1 is 1.48 bits per heavy atom. The molecule has 2 heterocycles. The molecule has 1 aliphatic rings. The monoisotopic (exact) mass is 307 g/mol. The van der Waals surface area contributed by atoms with Crippen LogP contribution in [0.2, 0.25) is 5.15 Å². The van der Waals surface area contributed by atoms with Crippen LogP contribution in [0.1, 0.15) is 60.1 Å². The summed E-state index contributed by atoms with van der Waals surface area (Å²) in [4.78, 5) is 16.5. The zero-order chi connectivity index (χ0) is 15.0. The van der Waals surface area contributed by atoms with Gasteiger partial charge in [0.2, 0.25) is 0 Å². The van der Waals surface area contributed by atoms with Gasteiger partial charge in [-0.25, -0.2) is 14.3 Å². The summed E-state index contributed by atoms with van der Waals surface area (Å²) in [7, 11) is 0. The van der Waals surface area contributed by atoms with Crippen LogP contribution < -0.4 is 0 Å².